The van der Waals surface area contributed by atoms with Gasteiger partial charge in [0, 0.05) is 17.7 Å². The second-order valence-corrected chi connectivity index (χ2v) is 3.26. The lowest BCUT2D eigenvalue weighted by molar-refractivity contribution is 0.574. The Kier molecular flexibility index (Phi) is 2.29. The van der Waals surface area contributed by atoms with Gasteiger partial charge in [0.05, 0.1) is 0 Å². The van der Waals surface area contributed by atoms with Crippen molar-refractivity contribution in [2.75, 3.05) is 0 Å². The summed E-state index contributed by atoms with van der Waals surface area (Å²) in [4.78, 5) is 0. The van der Waals surface area contributed by atoms with Crippen molar-refractivity contribution in [1.29, 1.82) is 0 Å². The van der Waals surface area contributed by atoms with Gasteiger partial charge in [-0.05, 0) is 17.7 Å². The Morgan fingerprint density at radius 3 is 2.85 bits per heavy atom. The lowest BCUT2D eigenvalue weighted by Gasteiger charge is -1.94. The zero-order chi connectivity index (χ0) is 9.26. The summed E-state index contributed by atoms with van der Waals surface area (Å²) in [5.74, 6) is 1.53. The molecule has 0 saturated heterocycles. The van der Waals surface area contributed by atoms with Crippen molar-refractivity contribution >= 4 is 23.6 Å². The van der Waals surface area contributed by atoms with Crippen LogP contribution >= 0.6 is 12.6 Å². The van der Waals surface area contributed by atoms with Crippen molar-refractivity contribution in [3.8, 4) is 0 Å². The van der Waals surface area contributed by atoms with Gasteiger partial charge in [-0.2, -0.15) is 12.6 Å². The average Bonchev–Trinajstić information content (AvgIpc) is 2.58. The van der Waals surface area contributed by atoms with Gasteiger partial charge in [0.15, 0.2) is 0 Å². The van der Waals surface area contributed by atoms with Gasteiger partial charge in [-0.3, -0.25) is 0 Å². The molecule has 2 aromatic rings. The van der Waals surface area contributed by atoms with E-state index in [0.29, 0.717) is 12.3 Å². The van der Waals surface area contributed by atoms with E-state index in [0.717, 1.165) is 22.3 Å². The Labute approximate surface area is 82.1 Å². The molecule has 0 spiro atoms. The Hall–Kier alpha value is -0.930. The zero-order valence-electron chi connectivity index (χ0n) is 7.16. The first kappa shape index (κ1) is 8.66. The molecule has 1 aromatic heterocycles. The SMILES string of the molecule is NCc1ccc2cc(CS)oc2c1. The molecule has 1 aromatic carbocycles. The van der Waals surface area contributed by atoms with E-state index < -0.39 is 0 Å². The van der Waals surface area contributed by atoms with Gasteiger partial charge in [0.2, 0.25) is 0 Å². The van der Waals surface area contributed by atoms with Crippen LogP contribution in [0.5, 0.6) is 0 Å². The van der Waals surface area contributed by atoms with Crippen molar-refractivity contribution in [3.05, 3.63) is 35.6 Å². The summed E-state index contributed by atoms with van der Waals surface area (Å²) in [6.07, 6.45) is 0. The molecule has 2 nitrogen and oxygen atoms in total. The lowest BCUT2D eigenvalue weighted by Crippen LogP contribution is -1.94. The van der Waals surface area contributed by atoms with Crippen LogP contribution in [0.3, 0.4) is 0 Å². The molecule has 3 heteroatoms. The van der Waals surface area contributed by atoms with Crippen LogP contribution in [-0.4, -0.2) is 0 Å². The molecule has 2 N–H and O–H groups in total. The van der Waals surface area contributed by atoms with E-state index in [4.69, 9.17) is 10.2 Å². The van der Waals surface area contributed by atoms with Gasteiger partial charge in [0.25, 0.3) is 0 Å². The second-order valence-electron chi connectivity index (χ2n) is 2.95. The minimum absolute atomic E-state index is 0.548. The third kappa shape index (κ3) is 1.57. The molecule has 0 aliphatic rings. The first-order chi connectivity index (χ1) is 6.33. The predicted molar refractivity (Wildman–Crippen MR) is 56.8 cm³/mol. The Morgan fingerprint density at radius 1 is 1.31 bits per heavy atom. The van der Waals surface area contributed by atoms with E-state index in [9.17, 15) is 0 Å². The molecule has 0 bridgehead atoms. The Morgan fingerprint density at radius 2 is 2.15 bits per heavy atom. The quantitative estimate of drug-likeness (QED) is 0.718. The van der Waals surface area contributed by atoms with E-state index in [2.05, 4.69) is 12.6 Å². The third-order valence-corrected chi connectivity index (χ3v) is 2.34. The van der Waals surface area contributed by atoms with E-state index in [-0.39, 0.29) is 0 Å². The summed E-state index contributed by atoms with van der Waals surface area (Å²) >= 11 is 4.15. The molecule has 0 unspecified atom stereocenters. The number of hydrogen-bond acceptors (Lipinski definition) is 3. The van der Waals surface area contributed by atoms with E-state index in [1.54, 1.807) is 0 Å². The molecule has 0 radical (unpaired) electrons. The van der Waals surface area contributed by atoms with Gasteiger partial charge in [0.1, 0.15) is 11.3 Å². The van der Waals surface area contributed by atoms with Crippen LogP contribution < -0.4 is 5.73 Å². The first-order valence-electron chi connectivity index (χ1n) is 4.16. The molecular formula is C10H11NOS. The van der Waals surface area contributed by atoms with Crippen molar-refractivity contribution in [3.63, 3.8) is 0 Å². The highest BCUT2D eigenvalue weighted by molar-refractivity contribution is 7.79. The molecule has 0 amide bonds. The summed E-state index contributed by atoms with van der Waals surface area (Å²) < 4.78 is 5.53. The van der Waals surface area contributed by atoms with Gasteiger partial charge in [-0.15, -0.1) is 0 Å². The van der Waals surface area contributed by atoms with Crippen LogP contribution in [-0.2, 0) is 12.3 Å². The average molecular weight is 193 g/mol. The zero-order valence-corrected chi connectivity index (χ0v) is 8.05. The van der Waals surface area contributed by atoms with Crippen LogP contribution in [0.4, 0.5) is 0 Å². The molecule has 0 aliphatic carbocycles. The maximum absolute atomic E-state index is 5.53. The minimum atomic E-state index is 0.548. The molecule has 2 rings (SSSR count). The number of hydrogen-bond donors (Lipinski definition) is 2. The molecule has 0 fully saturated rings. The molecule has 0 saturated carbocycles. The highest BCUT2D eigenvalue weighted by atomic mass is 32.1. The van der Waals surface area contributed by atoms with E-state index in [1.807, 2.05) is 24.3 Å². The number of nitrogens with two attached hydrogens (primary N) is 1. The fourth-order valence-corrected chi connectivity index (χ4v) is 1.49. The lowest BCUT2D eigenvalue weighted by atomic mass is 10.2. The highest BCUT2D eigenvalue weighted by Gasteiger charge is 2.02. The van der Waals surface area contributed by atoms with Gasteiger partial charge in [-0.1, -0.05) is 12.1 Å². The number of fused-ring (bicyclic) bond motifs is 1. The monoisotopic (exact) mass is 193 g/mol. The van der Waals surface area contributed by atoms with E-state index >= 15 is 0 Å². The fraction of sp³-hybridized carbons (Fsp3) is 0.200. The molecule has 0 atom stereocenters. The number of furan rings is 1. The second kappa shape index (κ2) is 3.44. The Balaban J connectivity index is 2.57. The number of rotatable bonds is 2. The van der Waals surface area contributed by atoms with Crippen molar-refractivity contribution in [1.82, 2.24) is 0 Å². The summed E-state index contributed by atoms with van der Waals surface area (Å²) in [7, 11) is 0. The smallest absolute Gasteiger partial charge is 0.134 e. The van der Waals surface area contributed by atoms with Crippen LogP contribution in [0.2, 0.25) is 0 Å². The summed E-state index contributed by atoms with van der Waals surface area (Å²) in [6.45, 7) is 0.548. The van der Waals surface area contributed by atoms with Crippen LogP contribution in [0, 0.1) is 0 Å². The molecular weight excluding hydrogens is 182 g/mol. The highest BCUT2D eigenvalue weighted by Crippen LogP contribution is 2.21. The topological polar surface area (TPSA) is 39.2 Å². The Bertz CT molecular complexity index is 420. The van der Waals surface area contributed by atoms with Crippen molar-refractivity contribution < 1.29 is 4.42 Å². The van der Waals surface area contributed by atoms with Gasteiger partial charge in [-0.25, -0.2) is 0 Å². The third-order valence-electron chi connectivity index (χ3n) is 2.03. The normalized spacial score (nSPS) is 10.9. The van der Waals surface area contributed by atoms with Crippen LogP contribution in [0.1, 0.15) is 11.3 Å². The van der Waals surface area contributed by atoms with Crippen molar-refractivity contribution in [2.24, 2.45) is 5.73 Å². The number of benzene rings is 1. The largest absolute Gasteiger partial charge is 0.460 e. The van der Waals surface area contributed by atoms with Gasteiger partial charge < -0.3 is 10.2 Å². The summed E-state index contributed by atoms with van der Waals surface area (Å²) in [5, 5.41) is 1.11. The maximum atomic E-state index is 5.53. The molecule has 0 aliphatic heterocycles. The number of thiol groups is 1. The molecule has 1 heterocycles. The standard InChI is InChI=1S/C10H11NOS/c11-5-7-1-2-8-4-9(6-13)12-10(8)3-7/h1-4,13H,5-6,11H2. The van der Waals surface area contributed by atoms with Crippen molar-refractivity contribution in [2.45, 2.75) is 12.3 Å². The summed E-state index contributed by atoms with van der Waals surface area (Å²) in [6, 6.07) is 8.01. The van der Waals surface area contributed by atoms with Gasteiger partial charge >= 0.3 is 0 Å². The van der Waals surface area contributed by atoms with E-state index in [1.165, 1.54) is 0 Å². The predicted octanol–water partition coefficient (Wildman–Crippen LogP) is 2.32. The fourth-order valence-electron chi connectivity index (χ4n) is 1.34. The maximum Gasteiger partial charge on any atom is 0.134 e. The van der Waals surface area contributed by atoms with Crippen LogP contribution in [0.15, 0.2) is 28.7 Å². The molecule has 13 heavy (non-hydrogen) atoms. The summed E-state index contributed by atoms with van der Waals surface area (Å²) in [5.41, 5.74) is 7.51. The van der Waals surface area contributed by atoms with Crippen LogP contribution in [0.25, 0.3) is 11.0 Å². The first-order valence-corrected chi connectivity index (χ1v) is 4.79. The minimum Gasteiger partial charge on any atom is -0.460 e. The molecule has 68 valence electrons.